The van der Waals surface area contributed by atoms with Gasteiger partial charge in [-0.15, -0.1) is 0 Å². The van der Waals surface area contributed by atoms with Crippen LogP contribution in [0.15, 0.2) is 30.3 Å². The summed E-state index contributed by atoms with van der Waals surface area (Å²) in [5, 5.41) is 9.67. The lowest BCUT2D eigenvalue weighted by molar-refractivity contribution is 0.129. The van der Waals surface area contributed by atoms with Crippen LogP contribution in [0.2, 0.25) is 0 Å². The first-order chi connectivity index (χ1) is 10.8. The summed E-state index contributed by atoms with van der Waals surface area (Å²) >= 11 is 0. The molecule has 1 fully saturated rings. The number of carbonyl (C=O) groups excluding carboxylic acids is 1. The molecule has 122 valence electrons. The molecule has 5 heteroatoms. The Hall–Kier alpha value is -1.59. The minimum Gasteiger partial charge on any atom is -0.445 e. The molecule has 5 nitrogen and oxygen atoms in total. The molecule has 0 spiro atoms. The van der Waals surface area contributed by atoms with E-state index in [4.69, 9.17) is 4.74 Å². The van der Waals surface area contributed by atoms with Gasteiger partial charge in [-0.2, -0.15) is 0 Å². The predicted octanol–water partition coefficient (Wildman–Crippen LogP) is 2.03. The number of hydrogen-bond donors (Lipinski definition) is 3. The van der Waals surface area contributed by atoms with Crippen LogP contribution in [0, 0.1) is 0 Å². The van der Waals surface area contributed by atoms with E-state index in [0.717, 1.165) is 37.9 Å². The third kappa shape index (κ3) is 5.66. The van der Waals surface area contributed by atoms with Crippen LogP contribution in [0.5, 0.6) is 0 Å². The van der Waals surface area contributed by atoms with E-state index in [-0.39, 0.29) is 12.1 Å². The van der Waals surface area contributed by atoms with Gasteiger partial charge in [0.15, 0.2) is 0 Å². The molecular formula is C17H27N3O2. The van der Waals surface area contributed by atoms with Crippen molar-refractivity contribution in [1.82, 2.24) is 16.0 Å². The Balaban J connectivity index is 1.75. The first-order valence-corrected chi connectivity index (χ1v) is 8.15. The summed E-state index contributed by atoms with van der Waals surface area (Å²) in [7, 11) is 1.94. The van der Waals surface area contributed by atoms with Crippen molar-refractivity contribution in [1.29, 1.82) is 0 Å². The molecule has 0 saturated heterocycles. The second kappa shape index (κ2) is 9.43. The Labute approximate surface area is 132 Å². The molecule has 3 N–H and O–H groups in total. The summed E-state index contributed by atoms with van der Waals surface area (Å²) in [6.07, 6.45) is 4.17. The lowest BCUT2D eigenvalue weighted by Gasteiger charge is -2.32. The number of amides is 1. The largest absolute Gasteiger partial charge is 0.445 e. The summed E-state index contributed by atoms with van der Waals surface area (Å²) in [4.78, 5) is 12.0. The van der Waals surface area contributed by atoms with E-state index in [1.165, 1.54) is 6.42 Å². The van der Waals surface area contributed by atoms with Gasteiger partial charge in [-0.25, -0.2) is 4.79 Å². The molecule has 22 heavy (non-hydrogen) atoms. The Morgan fingerprint density at radius 3 is 2.59 bits per heavy atom. The number of likely N-dealkylation sites (N-methyl/N-ethyl adjacent to an activating group) is 1. The monoisotopic (exact) mass is 305 g/mol. The van der Waals surface area contributed by atoms with Gasteiger partial charge in [0.1, 0.15) is 6.61 Å². The zero-order valence-electron chi connectivity index (χ0n) is 13.3. The van der Waals surface area contributed by atoms with Crippen molar-refractivity contribution in [2.75, 3.05) is 20.1 Å². The number of alkyl carbamates (subject to hydrolysis) is 1. The molecule has 0 aromatic heterocycles. The summed E-state index contributed by atoms with van der Waals surface area (Å²) in [5.74, 6) is 0. The SMILES string of the molecule is CNCCN[C@@H]1CCCC[C@H]1NC(=O)OCc1ccccc1. The third-order valence-electron chi connectivity index (χ3n) is 4.06. The van der Waals surface area contributed by atoms with E-state index >= 15 is 0 Å². The molecule has 0 bridgehead atoms. The zero-order chi connectivity index (χ0) is 15.6. The molecule has 1 aliphatic rings. The Bertz CT molecular complexity index is 439. The fourth-order valence-electron chi connectivity index (χ4n) is 2.85. The number of carbonyl (C=O) groups is 1. The van der Waals surface area contributed by atoms with Crippen molar-refractivity contribution in [2.45, 2.75) is 44.4 Å². The highest BCUT2D eigenvalue weighted by Crippen LogP contribution is 2.18. The Kier molecular flexibility index (Phi) is 7.19. The van der Waals surface area contributed by atoms with Crippen LogP contribution < -0.4 is 16.0 Å². The lowest BCUT2D eigenvalue weighted by Crippen LogP contribution is -2.52. The topological polar surface area (TPSA) is 62.4 Å². The van der Waals surface area contributed by atoms with Crippen LogP contribution >= 0.6 is 0 Å². The average Bonchev–Trinajstić information content (AvgIpc) is 2.56. The molecule has 2 atom stereocenters. The van der Waals surface area contributed by atoms with Crippen LogP contribution in [-0.4, -0.2) is 38.3 Å². The van der Waals surface area contributed by atoms with E-state index in [2.05, 4.69) is 16.0 Å². The van der Waals surface area contributed by atoms with Gasteiger partial charge < -0.3 is 20.7 Å². The Morgan fingerprint density at radius 1 is 1.14 bits per heavy atom. The maximum absolute atomic E-state index is 12.0. The molecular weight excluding hydrogens is 278 g/mol. The van der Waals surface area contributed by atoms with Crippen molar-refractivity contribution >= 4 is 6.09 Å². The third-order valence-corrected chi connectivity index (χ3v) is 4.06. The van der Waals surface area contributed by atoms with E-state index in [0.29, 0.717) is 12.6 Å². The summed E-state index contributed by atoms with van der Waals surface area (Å²) in [6, 6.07) is 10.2. The summed E-state index contributed by atoms with van der Waals surface area (Å²) in [5.41, 5.74) is 1.00. The number of rotatable bonds is 7. The molecule has 0 heterocycles. The zero-order valence-corrected chi connectivity index (χ0v) is 13.3. The van der Waals surface area contributed by atoms with Crippen molar-refractivity contribution in [2.24, 2.45) is 0 Å². The number of ether oxygens (including phenoxy) is 1. The van der Waals surface area contributed by atoms with E-state index < -0.39 is 0 Å². The normalized spacial score (nSPS) is 21.3. The number of hydrogen-bond acceptors (Lipinski definition) is 4. The molecule has 1 amide bonds. The second-order valence-electron chi connectivity index (χ2n) is 5.76. The van der Waals surface area contributed by atoms with Crippen molar-refractivity contribution < 1.29 is 9.53 Å². The maximum Gasteiger partial charge on any atom is 0.407 e. The van der Waals surface area contributed by atoms with E-state index in [1.807, 2.05) is 37.4 Å². The standard InChI is InChI=1S/C17H27N3O2/c1-18-11-12-19-15-9-5-6-10-16(15)20-17(21)22-13-14-7-3-2-4-8-14/h2-4,7-8,15-16,18-19H,5-6,9-13H2,1H3,(H,20,21)/t15-,16-/m1/s1. The van der Waals surface area contributed by atoms with Crippen LogP contribution in [0.3, 0.4) is 0 Å². The van der Waals surface area contributed by atoms with Gasteiger partial charge >= 0.3 is 6.09 Å². The number of benzene rings is 1. The van der Waals surface area contributed by atoms with E-state index in [1.54, 1.807) is 0 Å². The van der Waals surface area contributed by atoms with Gasteiger partial charge in [0.25, 0.3) is 0 Å². The van der Waals surface area contributed by atoms with Crippen molar-refractivity contribution in [3.8, 4) is 0 Å². The van der Waals surface area contributed by atoms with Crippen molar-refractivity contribution in [3.05, 3.63) is 35.9 Å². The molecule has 1 aliphatic carbocycles. The first-order valence-electron chi connectivity index (χ1n) is 8.15. The fourth-order valence-corrected chi connectivity index (χ4v) is 2.85. The average molecular weight is 305 g/mol. The quantitative estimate of drug-likeness (QED) is 0.675. The van der Waals surface area contributed by atoms with Crippen LogP contribution in [-0.2, 0) is 11.3 Å². The van der Waals surface area contributed by atoms with Crippen LogP contribution in [0.1, 0.15) is 31.2 Å². The van der Waals surface area contributed by atoms with Gasteiger partial charge in [0.05, 0.1) is 0 Å². The molecule has 0 aliphatic heterocycles. The first kappa shape index (κ1) is 16.8. The van der Waals surface area contributed by atoms with Gasteiger partial charge in [-0.3, -0.25) is 0 Å². The summed E-state index contributed by atoms with van der Waals surface area (Å²) in [6.45, 7) is 2.16. The Morgan fingerprint density at radius 2 is 1.86 bits per heavy atom. The molecule has 1 aromatic carbocycles. The fraction of sp³-hybridized carbons (Fsp3) is 0.588. The predicted molar refractivity (Wildman–Crippen MR) is 87.7 cm³/mol. The van der Waals surface area contributed by atoms with Gasteiger partial charge in [-0.1, -0.05) is 43.2 Å². The number of nitrogens with one attached hydrogen (secondary N) is 3. The van der Waals surface area contributed by atoms with Crippen molar-refractivity contribution in [3.63, 3.8) is 0 Å². The minimum absolute atomic E-state index is 0.161. The summed E-state index contributed by atoms with van der Waals surface area (Å²) < 4.78 is 5.31. The molecule has 0 unspecified atom stereocenters. The maximum atomic E-state index is 12.0. The van der Waals surface area contributed by atoms with Crippen LogP contribution in [0.4, 0.5) is 4.79 Å². The molecule has 1 aromatic rings. The molecule has 2 rings (SSSR count). The minimum atomic E-state index is -0.323. The van der Waals surface area contributed by atoms with Gasteiger partial charge in [0.2, 0.25) is 0 Å². The highest BCUT2D eigenvalue weighted by atomic mass is 16.5. The lowest BCUT2D eigenvalue weighted by atomic mass is 9.90. The highest BCUT2D eigenvalue weighted by Gasteiger charge is 2.26. The second-order valence-corrected chi connectivity index (χ2v) is 5.76. The van der Waals surface area contributed by atoms with E-state index in [9.17, 15) is 4.79 Å². The van der Waals surface area contributed by atoms with Gasteiger partial charge in [-0.05, 0) is 25.5 Å². The smallest absolute Gasteiger partial charge is 0.407 e. The molecule has 1 saturated carbocycles. The molecule has 0 radical (unpaired) electrons. The van der Waals surface area contributed by atoms with Crippen LogP contribution in [0.25, 0.3) is 0 Å². The van der Waals surface area contributed by atoms with Gasteiger partial charge in [0, 0.05) is 25.2 Å². The highest BCUT2D eigenvalue weighted by molar-refractivity contribution is 5.67.